The Morgan fingerprint density at radius 2 is 1.68 bits per heavy atom. The lowest BCUT2D eigenvalue weighted by molar-refractivity contribution is 0.100. The smallest absolute Gasteiger partial charge is 0.248 e. The molecule has 6 heteroatoms. The van der Waals surface area contributed by atoms with E-state index in [1.165, 1.54) is 0 Å². The molecule has 0 aliphatic heterocycles. The summed E-state index contributed by atoms with van der Waals surface area (Å²) in [4.78, 5) is 19.1. The number of nitrogens with one attached hydrogen (secondary N) is 1. The van der Waals surface area contributed by atoms with Gasteiger partial charge in [0.15, 0.2) is 0 Å². The molecule has 28 heavy (non-hydrogen) atoms. The number of ether oxygens (including phenoxy) is 1. The van der Waals surface area contributed by atoms with E-state index in [9.17, 15) is 9.90 Å². The number of aromatic amines is 1. The molecule has 1 atom stereocenters. The molecule has 6 nitrogen and oxygen atoms in total. The van der Waals surface area contributed by atoms with Crippen LogP contribution < -0.4 is 10.5 Å². The third kappa shape index (κ3) is 3.33. The molecule has 0 bridgehead atoms. The van der Waals surface area contributed by atoms with E-state index in [1.54, 1.807) is 25.3 Å². The summed E-state index contributed by atoms with van der Waals surface area (Å²) in [7, 11) is 1.61. The highest BCUT2D eigenvalue weighted by atomic mass is 16.5. The van der Waals surface area contributed by atoms with Crippen LogP contribution in [0.1, 0.15) is 27.6 Å². The molecule has 0 radical (unpaired) electrons. The summed E-state index contributed by atoms with van der Waals surface area (Å²) in [5.74, 6) is 0.945. The quantitative estimate of drug-likeness (QED) is 0.499. The molecule has 0 fully saturated rings. The van der Waals surface area contributed by atoms with Crippen LogP contribution in [0.4, 0.5) is 0 Å². The summed E-state index contributed by atoms with van der Waals surface area (Å²) < 4.78 is 5.15. The zero-order chi connectivity index (χ0) is 19.7. The van der Waals surface area contributed by atoms with Gasteiger partial charge >= 0.3 is 0 Å². The minimum Gasteiger partial charge on any atom is -0.497 e. The molecule has 0 saturated carbocycles. The van der Waals surface area contributed by atoms with Crippen LogP contribution in [-0.2, 0) is 0 Å². The number of nitrogens with zero attached hydrogens (tertiary/aromatic N) is 1. The maximum absolute atomic E-state index is 11.3. The lowest BCUT2D eigenvalue weighted by Crippen LogP contribution is -2.10. The number of primary amides is 1. The summed E-state index contributed by atoms with van der Waals surface area (Å²) in [6.07, 6.45) is -0.728. The van der Waals surface area contributed by atoms with Crippen LogP contribution >= 0.6 is 0 Å². The standard InChI is InChI=1S/C22H19N3O3/c1-28-17-9-6-14(7-10-17)20(26)13-2-4-15(5-3-13)22-24-18-11-8-16(21(23)27)12-19(18)25-22/h2-12,20,26H,1H3,(H2,23,27)(H,24,25). The molecule has 140 valence electrons. The SMILES string of the molecule is COc1ccc(C(O)c2ccc(-c3nc4cc(C(N)=O)ccc4[nH]3)cc2)cc1. The van der Waals surface area contributed by atoms with Crippen molar-refractivity contribution in [1.82, 2.24) is 9.97 Å². The van der Waals surface area contributed by atoms with Crippen molar-refractivity contribution in [2.75, 3.05) is 7.11 Å². The molecule has 1 unspecified atom stereocenters. The molecule has 0 aliphatic carbocycles. The van der Waals surface area contributed by atoms with Crippen LogP contribution in [0.25, 0.3) is 22.4 Å². The van der Waals surface area contributed by atoms with Crippen molar-refractivity contribution >= 4 is 16.9 Å². The molecule has 1 heterocycles. The number of imidazole rings is 1. The van der Waals surface area contributed by atoms with Gasteiger partial charge in [-0.25, -0.2) is 4.98 Å². The maximum atomic E-state index is 11.3. The van der Waals surface area contributed by atoms with Crippen LogP contribution in [0.3, 0.4) is 0 Å². The van der Waals surface area contributed by atoms with Gasteiger partial charge in [-0.15, -0.1) is 0 Å². The van der Waals surface area contributed by atoms with Gasteiger partial charge in [-0.05, 0) is 41.5 Å². The van der Waals surface area contributed by atoms with E-state index >= 15 is 0 Å². The van der Waals surface area contributed by atoms with Gasteiger partial charge < -0.3 is 20.6 Å². The van der Waals surface area contributed by atoms with Crippen LogP contribution in [0.5, 0.6) is 5.75 Å². The lowest BCUT2D eigenvalue weighted by Gasteiger charge is -2.12. The van der Waals surface area contributed by atoms with Crippen molar-refractivity contribution in [2.24, 2.45) is 5.73 Å². The molecule has 4 rings (SSSR count). The van der Waals surface area contributed by atoms with E-state index in [0.717, 1.165) is 28.0 Å². The topological polar surface area (TPSA) is 101 Å². The first-order chi connectivity index (χ1) is 13.5. The molecule has 0 saturated heterocycles. The number of fused-ring (bicyclic) bond motifs is 1. The number of carbonyl (C=O) groups is 1. The van der Waals surface area contributed by atoms with Gasteiger partial charge in [-0.1, -0.05) is 36.4 Å². The van der Waals surface area contributed by atoms with Crippen molar-refractivity contribution in [3.05, 3.63) is 83.4 Å². The Bertz CT molecular complexity index is 1130. The summed E-state index contributed by atoms with van der Waals surface area (Å²) >= 11 is 0. The van der Waals surface area contributed by atoms with E-state index in [2.05, 4.69) is 9.97 Å². The summed E-state index contributed by atoms with van der Waals surface area (Å²) in [5.41, 5.74) is 9.68. The summed E-state index contributed by atoms with van der Waals surface area (Å²) in [6.45, 7) is 0. The van der Waals surface area contributed by atoms with E-state index < -0.39 is 12.0 Å². The Balaban J connectivity index is 1.60. The number of benzene rings is 3. The molecule has 1 amide bonds. The minimum atomic E-state index is -0.728. The van der Waals surface area contributed by atoms with E-state index in [-0.39, 0.29) is 0 Å². The van der Waals surface area contributed by atoms with Crippen molar-refractivity contribution in [1.29, 1.82) is 0 Å². The second-order valence-corrected chi connectivity index (χ2v) is 6.48. The van der Waals surface area contributed by atoms with Crippen molar-refractivity contribution in [2.45, 2.75) is 6.10 Å². The second kappa shape index (κ2) is 7.17. The number of nitrogens with two attached hydrogens (primary N) is 1. The van der Waals surface area contributed by atoms with Gasteiger partial charge in [0.05, 0.1) is 18.1 Å². The predicted octanol–water partition coefficient (Wildman–Crippen LogP) is 3.42. The Labute approximate surface area is 161 Å². The zero-order valence-electron chi connectivity index (χ0n) is 15.2. The van der Waals surface area contributed by atoms with Crippen molar-refractivity contribution in [3.8, 4) is 17.1 Å². The highest BCUT2D eigenvalue weighted by Gasteiger charge is 2.12. The summed E-state index contributed by atoms with van der Waals surface area (Å²) in [5, 5.41) is 10.6. The number of amides is 1. The fourth-order valence-electron chi connectivity index (χ4n) is 3.10. The van der Waals surface area contributed by atoms with Gasteiger partial charge in [0.2, 0.25) is 5.91 Å². The fraction of sp³-hybridized carbons (Fsp3) is 0.0909. The Kier molecular flexibility index (Phi) is 4.55. The Hall–Kier alpha value is -3.64. The molecule has 3 aromatic carbocycles. The molecule has 4 aromatic rings. The zero-order valence-corrected chi connectivity index (χ0v) is 15.2. The van der Waals surface area contributed by atoms with E-state index in [4.69, 9.17) is 10.5 Å². The average molecular weight is 373 g/mol. The maximum Gasteiger partial charge on any atom is 0.248 e. The highest BCUT2D eigenvalue weighted by molar-refractivity contribution is 5.96. The lowest BCUT2D eigenvalue weighted by atomic mass is 10.0. The number of aromatic nitrogens is 2. The third-order valence-corrected chi connectivity index (χ3v) is 4.70. The van der Waals surface area contributed by atoms with Crippen LogP contribution in [-0.4, -0.2) is 28.1 Å². The first-order valence-corrected chi connectivity index (χ1v) is 8.77. The van der Waals surface area contributed by atoms with E-state index in [0.29, 0.717) is 16.9 Å². The van der Waals surface area contributed by atoms with Crippen LogP contribution in [0.2, 0.25) is 0 Å². The number of carbonyl (C=O) groups excluding carboxylic acids is 1. The molecule has 4 N–H and O–H groups in total. The van der Waals surface area contributed by atoms with E-state index in [1.807, 2.05) is 48.5 Å². The number of aliphatic hydroxyl groups is 1. The van der Waals surface area contributed by atoms with Gasteiger partial charge in [-0.2, -0.15) is 0 Å². The number of aliphatic hydroxyl groups excluding tert-OH is 1. The Morgan fingerprint density at radius 1 is 1.04 bits per heavy atom. The fourth-order valence-corrected chi connectivity index (χ4v) is 3.10. The predicted molar refractivity (Wildman–Crippen MR) is 107 cm³/mol. The summed E-state index contributed by atoms with van der Waals surface area (Å²) in [6, 6.07) is 20.0. The highest BCUT2D eigenvalue weighted by Crippen LogP contribution is 2.27. The van der Waals surface area contributed by atoms with Gasteiger partial charge in [0.1, 0.15) is 17.7 Å². The molecule has 1 aromatic heterocycles. The van der Waals surface area contributed by atoms with Gasteiger partial charge in [0.25, 0.3) is 0 Å². The first kappa shape index (κ1) is 17.8. The first-order valence-electron chi connectivity index (χ1n) is 8.77. The number of hydrogen-bond acceptors (Lipinski definition) is 4. The number of hydrogen-bond donors (Lipinski definition) is 3. The number of methoxy groups -OCH3 is 1. The Morgan fingerprint density at radius 3 is 2.29 bits per heavy atom. The molecular weight excluding hydrogens is 354 g/mol. The monoisotopic (exact) mass is 373 g/mol. The number of H-pyrrole nitrogens is 1. The van der Waals surface area contributed by atoms with Crippen LogP contribution in [0, 0.1) is 0 Å². The third-order valence-electron chi connectivity index (χ3n) is 4.70. The largest absolute Gasteiger partial charge is 0.497 e. The van der Waals surface area contributed by atoms with Gasteiger partial charge in [-0.3, -0.25) is 4.79 Å². The van der Waals surface area contributed by atoms with Crippen LogP contribution in [0.15, 0.2) is 66.7 Å². The number of rotatable bonds is 5. The van der Waals surface area contributed by atoms with Crippen molar-refractivity contribution < 1.29 is 14.6 Å². The molecule has 0 spiro atoms. The van der Waals surface area contributed by atoms with Crippen molar-refractivity contribution in [3.63, 3.8) is 0 Å². The molecule has 0 aliphatic rings. The normalized spacial score (nSPS) is 12.1. The molecular formula is C22H19N3O3. The van der Waals surface area contributed by atoms with Gasteiger partial charge in [0, 0.05) is 11.1 Å². The minimum absolute atomic E-state index is 0.420. The second-order valence-electron chi connectivity index (χ2n) is 6.48. The average Bonchev–Trinajstić information content (AvgIpc) is 3.17.